The molecule has 1 fully saturated rings. The Labute approximate surface area is 83.0 Å². The van der Waals surface area contributed by atoms with Gasteiger partial charge in [-0.15, -0.1) is 0 Å². The minimum Gasteiger partial charge on any atom is -0.481 e. The summed E-state index contributed by atoms with van der Waals surface area (Å²) in [6, 6.07) is 1.77. The first-order chi connectivity index (χ1) is 6.79. The van der Waals surface area contributed by atoms with E-state index in [4.69, 9.17) is 4.74 Å². The first-order valence-corrected chi connectivity index (χ1v) is 4.82. The third-order valence-electron chi connectivity index (χ3n) is 2.49. The van der Waals surface area contributed by atoms with Crippen molar-refractivity contribution in [2.45, 2.75) is 25.4 Å². The Morgan fingerprint density at radius 1 is 1.57 bits per heavy atom. The maximum absolute atomic E-state index is 9.70. The van der Waals surface area contributed by atoms with E-state index >= 15 is 0 Å². The molecule has 0 spiro atoms. The van der Waals surface area contributed by atoms with E-state index in [1.807, 2.05) is 0 Å². The lowest BCUT2D eigenvalue weighted by Gasteiger charge is -2.08. The Bertz CT molecular complexity index is 313. The van der Waals surface area contributed by atoms with Gasteiger partial charge in [0, 0.05) is 12.5 Å². The molecule has 1 unspecified atom stereocenters. The molecule has 1 N–H and O–H groups in total. The Kier molecular flexibility index (Phi) is 2.63. The largest absolute Gasteiger partial charge is 0.481 e. The highest BCUT2D eigenvalue weighted by atomic mass is 16.5. The summed E-state index contributed by atoms with van der Waals surface area (Å²) in [5.74, 6) is 1.04. The van der Waals surface area contributed by atoms with E-state index < -0.39 is 0 Å². The SMILES string of the molecule is COc1cc(CC(O)C2CC2)ncn1. The number of hydrogen-bond donors (Lipinski definition) is 1. The number of aliphatic hydroxyl groups is 1. The van der Waals surface area contributed by atoms with Crippen LogP contribution in [0.5, 0.6) is 5.88 Å². The lowest BCUT2D eigenvalue weighted by atomic mass is 10.1. The normalized spacial score (nSPS) is 17.9. The van der Waals surface area contributed by atoms with Crippen LogP contribution in [-0.4, -0.2) is 28.3 Å². The fourth-order valence-electron chi connectivity index (χ4n) is 1.46. The molecule has 14 heavy (non-hydrogen) atoms. The lowest BCUT2D eigenvalue weighted by molar-refractivity contribution is 0.150. The molecule has 1 aliphatic carbocycles. The fraction of sp³-hybridized carbons (Fsp3) is 0.600. The number of nitrogens with zero attached hydrogens (tertiary/aromatic N) is 2. The molecule has 4 heteroatoms. The van der Waals surface area contributed by atoms with Crippen molar-refractivity contribution in [3.8, 4) is 5.88 Å². The number of aliphatic hydroxyl groups excluding tert-OH is 1. The summed E-state index contributed by atoms with van der Waals surface area (Å²) in [4.78, 5) is 8.00. The van der Waals surface area contributed by atoms with Gasteiger partial charge in [-0.2, -0.15) is 0 Å². The average Bonchev–Trinajstić information content (AvgIpc) is 3.01. The molecule has 1 heterocycles. The van der Waals surface area contributed by atoms with Gasteiger partial charge < -0.3 is 9.84 Å². The van der Waals surface area contributed by atoms with Gasteiger partial charge >= 0.3 is 0 Å². The highest BCUT2D eigenvalue weighted by molar-refractivity contribution is 5.14. The van der Waals surface area contributed by atoms with Crippen molar-refractivity contribution >= 4 is 0 Å². The van der Waals surface area contributed by atoms with Gasteiger partial charge in [-0.3, -0.25) is 0 Å². The van der Waals surface area contributed by atoms with Crippen LogP contribution in [-0.2, 0) is 6.42 Å². The van der Waals surface area contributed by atoms with Crippen molar-refractivity contribution < 1.29 is 9.84 Å². The standard InChI is InChI=1S/C10H14N2O2/c1-14-10-5-8(11-6-12-10)4-9(13)7-2-3-7/h5-7,9,13H,2-4H2,1H3. The van der Waals surface area contributed by atoms with Crippen LogP contribution < -0.4 is 4.74 Å². The molecule has 0 radical (unpaired) electrons. The molecule has 1 saturated carbocycles. The van der Waals surface area contributed by atoms with Crippen LogP contribution in [0.15, 0.2) is 12.4 Å². The Morgan fingerprint density at radius 2 is 2.36 bits per heavy atom. The van der Waals surface area contributed by atoms with Crippen molar-refractivity contribution in [3.05, 3.63) is 18.1 Å². The maximum Gasteiger partial charge on any atom is 0.216 e. The lowest BCUT2D eigenvalue weighted by Crippen LogP contribution is -2.13. The van der Waals surface area contributed by atoms with E-state index in [1.165, 1.54) is 6.33 Å². The first kappa shape index (κ1) is 9.40. The fourth-order valence-corrected chi connectivity index (χ4v) is 1.46. The van der Waals surface area contributed by atoms with E-state index in [-0.39, 0.29) is 6.10 Å². The molecule has 1 aromatic heterocycles. The monoisotopic (exact) mass is 194 g/mol. The molecule has 1 aliphatic rings. The first-order valence-electron chi connectivity index (χ1n) is 4.82. The maximum atomic E-state index is 9.70. The predicted molar refractivity (Wildman–Crippen MR) is 51.0 cm³/mol. The van der Waals surface area contributed by atoms with Crippen molar-refractivity contribution in [2.24, 2.45) is 5.92 Å². The summed E-state index contributed by atoms with van der Waals surface area (Å²) in [7, 11) is 1.57. The summed E-state index contributed by atoms with van der Waals surface area (Å²) in [5.41, 5.74) is 0.844. The van der Waals surface area contributed by atoms with Crippen molar-refractivity contribution in [3.63, 3.8) is 0 Å². The minimum absolute atomic E-state index is 0.255. The van der Waals surface area contributed by atoms with Crippen LogP contribution in [0.1, 0.15) is 18.5 Å². The van der Waals surface area contributed by atoms with Gasteiger partial charge in [0.2, 0.25) is 5.88 Å². The molecular weight excluding hydrogens is 180 g/mol. The zero-order valence-corrected chi connectivity index (χ0v) is 8.18. The molecule has 1 aromatic rings. The third kappa shape index (κ3) is 2.20. The van der Waals surface area contributed by atoms with Gasteiger partial charge in [0.1, 0.15) is 6.33 Å². The number of methoxy groups -OCH3 is 1. The second-order valence-corrected chi connectivity index (χ2v) is 3.66. The van der Waals surface area contributed by atoms with E-state index in [9.17, 15) is 5.11 Å². The molecule has 0 bridgehead atoms. The molecule has 1 atom stereocenters. The Hall–Kier alpha value is -1.16. The zero-order chi connectivity index (χ0) is 9.97. The molecule has 0 aliphatic heterocycles. The number of rotatable bonds is 4. The smallest absolute Gasteiger partial charge is 0.216 e. The van der Waals surface area contributed by atoms with Gasteiger partial charge in [0.05, 0.1) is 18.9 Å². The topological polar surface area (TPSA) is 55.2 Å². The number of hydrogen-bond acceptors (Lipinski definition) is 4. The van der Waals surface area contributed by atoms with E-state index in [1.54, 1.807) is 13.2 Å². The molecule has 4 nitrogen and oxygen atoms in total. The predicted octanol–water partition coefficient (Wildman–Crippen LogP) is 0.799. The van der Waals surface area contributed by atoms with Crippen molar-refractivity contribution in [1.29, 1.82) is 0 Å². The molecule has 0 aromatic carbocycles. The van der Waals surface area contributed by atoms with Crippen LogP contribution in [0.2, 0.25) is 0 Å². The highest BCUT2D eigenvalue weighted by Crippen LogP contribution is 2.33. The molecule has 76 valence electrons. The molecule has 0 amide bonds. The van der Waals surface area contributed by atoms with Crippen molar-refractivity contribution in [2.75, 3.05) is 7.11 Å². The summed E-state index contributed by atoms with van der Waals surface area (Å²) in [5, 5.41) is 9.70. The van der Waals surface area contributed by atoms with Crippen LogP contribution in [0.25, 0.3) is 0 Å². The molecule has 2 rings (SSSR count). The van der Waals surface area contributed by atoms with Gasteiger partial charge in [-0.25, -0.2) is 9.97 Å². The second kappa shape index (κ2) is 3.92. The van der Waals surface area contributed by atoms with Crippen LogP contribution >= 0.6 is 0 Å². The summed E-state index contributed by atoms with van der Waals surface area (Å²) >= 11 is 0. The van der Waals surface area contributed by atoms with Gasteiger partial charge in [-0.05, 0) is 18.8 Å². The Balaban J connectivity index is 2.00. The van der Waals surface area contributed by atoms with E-state index in [2.05, 4.69) is 9.97 Å². The summed E-state index contributed by atoms with van der Waals surface area (Å²) in [6.45, 7) is 0. The average molecular weight is 194 g/mol. The molecular formula is C10H14N2O2. The Morgan fingerprint density at radius 3 is 3.00 bits per heavy atom. The van der Waals surface area contributed by atoms with Gasteiger partial charge in [-0.1, -0.05) is 0 Å². The van der Waals surface area contributed by atoms with Crippen LogP contribution in [0, 0.1) is 5.92 Å². The van der Waals surface area contributed by atoms with Gasteiger partial charge in [0.25, 0.3) is 0 Å². The summed E-state index contributed by atoms with van der Waals surface area (Å²) < 4.78 is 4.98. The van der Waals surface area contributed by atoms with E-state index in [0.717, 1.165) is 18.5 Å². The molecule has 0 saturated heterocycles. The second-order valence-electron chi connectivity index (χ2n) is 3.66. The minimum atomic E-state index is -0.255. The number of aromatic nitrogens is 2. The quantitative estimate of drug-likeness (QED) is 0.770. The van der Waals surface area contributed by atoms with E-state index in [0.29, 0.717) is 18.2 Å². The summed E-state index contributed by atoms with van der Waals surface area (Å²) in [6.07, 6.45) is 4.10. The van der Waals surface area contributed by atoms with Crippen LogP contribution in [0.4, 0.5) is 0 Å². The van der Waals surface area contributed by atoms with Gasteiger partial charge in [0.15, 0.2) is 0 Å². The zero-order valence-electron chi connectivity index (χ0n) is 8.18. The van der Waals surface area contributed by atoms with Crippen LogP contribution in [0.3, 0.4) is 0 Å². The van der Waals surface area contributed by atoms with Crippen molar-refractivity contribution in [1.82, 2.24) is 9.97 Å². The third-order valence-corrected chi connectivity index (χ3v) is 2.49. The highest BCUT2D eigenvalue weighted by Gasteiger charge is 2.29. The number of ether oxygens (including phenoxy) is 1.